The Balaban J connectivity index is 2.64. The van der Waals surface area contributed by atoms with Gasteiger partial charge in [-0.15, -0.1) is 4.40 Å². The molecule has 0 radical (unpaired) electrons. The largest absolute Gasteiger partial charge is 0.497 e. The summed E-state index contributed by atoms with van der Waals surface area (Å²) in [6, 6.07) is 8.93. The first-order chi connectivity index (χ1) is 13.2. The highest BCUT2D eigenvalue weighted by molar-refractivity contribution is 7.90. The van der Waals surface area contributed by atoms with Crippen molar-refractivity contribution in [3.05, 3.63) is 42.0 Å². The zero-order chi connectivity index (χ0) is 20.9. The number of rotatable bonds is 7. The van der Waals surface area contributed by atoms with Crippen molar-refractivity contribution in [1.82, 2.24) is 4.90 Å². The molecule has 0 fully saturated rings. The number of nitrogens with two attached hydrogens (primary N) is 1. The number of methoxy groups -OCH3 is 2. The highest BCUT2D eigenvalue weighted by atomic mass is 32.2. The van der Waals surface area contributed by atoms with Crippen LogP contribution in [0.3, 0.4) is 0 Å². The number of nitrogens with zero attached hydrogens (tertiary/aromatic N) is 2. The minimum atomic E-state index is -4.22. The van der Waals surface area contributed by atoms with Crippen LogP contribution >= 0.6 is 0 Å². The molecule has 0 spiro atoms. The van der Waals surface area contributed by atoms with Gasteiger partial charge in [-0.1, -0.05) is 6.07 Å². The van der Waals surface area contributed by atoms with E-state index in [0.29, 0.717) is 11.5 Å². The fraction of sp³-hybridized carbons (Fsp3) is 0.222. The van der Waals surface area contributed by atoms with Crippen molar-refractivity contribution in [2.24, 2.45) is 4.40 Å². The zero-order valence-corrected chi connectivity index (χ0v) is 16.7. The zero-order valence-electron chi connectivity index (χ0n) is 15.9. The molecule has 2 rings (SSSR count). The Labute approximate surface area is 163 Å². The molecule has 0 bridgehead atoms. The molecule has 0 aliphatic heterocycles. The third kappa shape index (κ3) is 4.92. The highest BCUT2D eigenvalue weighted by Crippen LogP contribution is 2.37. The molecule has 9 nitrogen and oxygen atoms in total. The lowest BCUT2D eigenvalue weighted by Gasteiger charge is -2.15. The van der Waals surface area contributed by atoms with E-state index in [9.17, 15) is 13.2 Å². The molecule has 2 N–H and O–H groups in total. The Morgan fingerprint density at radius 2 is 1.82 bits per heavy atom. The lowest BCUT2D eigenvalue weighted by molar-refractivity contribution is 0.0600. The average molecular weight is 407 g/mol. The van der Waals surface area contributed by atoms with Gasteiger partial charge in [0.05, 0.1) is 25.5 Å². The van der Waals surface area contributed by atoms with Crippen LogP contribution in [0, 0.1) is 0 Å². The van der Waals surface area contributed by atoms with E-state index in [-0.39, 0.29) is 21.9 Å². The van der Waals surface area contributed by atoms with E-state index in [4.69, 9.17) is 15.2 Å². The number of ether oxygens (including phenoxy) is 3. The van der Waals surface area contributed by atoms with Crippen molar-refractivity contribution in [1.29, 1.82) is 0 Å². The normalized spacial score (nSPS) is 11.3. The maximum Gasteiger partial charge on any atom is 0.337 e. The Morgan fingerprint density at radius 3 is 2.43 bits per heavy atom. The first-order valence-corrected chi connectivity index (χ1v) is 9.42. The maximum absolute atomic E-state index is 12.7. The van der Waals surface area contributed by atoms with E-state index in [1.807, 2.05) is 0 Å². The molecule has 2 aromatic rings. The molecular weight excluding hydrogens is 386 g/mol. The van der Waals surface area contributed by atoms with Crippen molar-refractivity contribution < 1.29 is 27.4 Å². The number of sulfonamides is 1. The lowest BCUT2D eigenvalue weighted by Crippen LogP contribution is -2.12. The van der Waals surface area contributed by atoms with E-state index < -0.39 is 16.0 Å². The molecule has 0 saturated heterocycles. The summed E-state index contributed by atoms with van der Waals surface area (Å²) in [5, 5.41) is 0. The second-order valence-corrected chi connectivity index (χ2v) is 7.43. The van der Waals surface area contributed by atoms with Crippen molar-refractivity contribution >= 4 is 28.0 Å². The Hall–Kier alpha value is -3.27. The number of hydrogen-bond donors (Lipinski definition) is 1. The number of carbonyl (C=O) groups is 1. The van der Waals surface area contributed by atoms with Gasteiger partial charge in [0.2, 0.25) is 0 Å². The average Bonchev–Trinajstić information content (AvgIpc) is 2.67. The Morgan fingerprint density at radius 1 is 1.14 bits per heavy atom. The van der Waals surface area contributed by atoms with Crippen LogP contribution in [0.5, 0.6) is 17.2 Å². The summed E-state index contributed by atoms with van der Waals surface area (Å²) in [7, 11) is 1.68. The van der Waals surface area contributed by atoms with Gasteiger partial charge in [-0.3, -0.25) is 0 Å². The highest BCUT2D eigenvalue weighted by Gasteiger charge is 2.25. The molecule has 0 aliphatic rings. The number of hydrogen-bond acceptors (Lipinski definition) is 7. The van der Waals surface area contributed by atoms with Crippen LogP contribution in [0.15, 0.2) is 45.7 Å². The fourth-order valence-electron chi connectivity index (χ4n) is 2.16. The molecule has 0 heterocycles. The first-order valence-electron chi connectivity index (χ1n) is 7.98. The number of anilines is 1. The number of benzene rings is 2. The van der Waals surface area contributed by atoms with E-state index in [1.165, 1.54) is 25.2 Å². The molecule has 10 heteroatoms. The summed E-state index contributed by atoms with van der Waals surface area (Å²) in [6.07, 6.45) is 1.12. The lowest BCUT2D eigenvalue weighted by atomic mass is 10.2. The van der Waals surface area contributed by atoms with Crippen LogP contribution in [-0.2, 0) is 14.8 Å². The van der Waals surface area contributed by atoms with Crippen LogP contribution in [-0.4, -0.2) is 53.9 Å². The third-order valence-corrected chi connectivity index (χ3v) is 4.69. The van der Waals surface area contributed by atoms with Crippen molar-refractivity contribution in [3.63, 3.8) is 0 Å². The Bertz CT molecular complexity index is 1000. The van der Waals surface area contributed by atoms with Gasteiger partial charge in [-0.2, -0.15) is 8.42 Å². The summed E-state index contributed by atoms with van der Waals surface area (Å²) in [5.74, 6) is -0.0910. The van der Waals surface area contributed by atoms with E-state index in [2.05, 4.69) is 9.13 Å². The van der Waals surface area contributed by atoms with Crippen LogP contribution < -0.4 is 15.2 Å². The van der Waals surface area contributed by atoms with Crippen LogP contribution in [0.1, 0.15) is 10.4 Å². The minimum absolute atomic E-state index is 0.0448. The molecule has 0 saturated carbocycles. The molecule has 0 amide bonds. The van der Waals surface area contributed by atoms with Crippen molar-refractivity contribution in [3.8, 4) is 17.2 Å². The number of nitrogen functional groups attached to an aromatic ring is 1. The topological polar surface area (TPSA) is 121 Å². The molecular formula is C18H21N3O6S. The summed E-state index contributed by atoms with van der Waals surface area (Å²) in [5.41, 5.74) is 5.88. The van der Waals surface area contributed by atoms with Gasteiger partial charge >= 0.3 is 5.97 Å². The monoisotopic (exact) mass is 407 g/mol. The second kappa shape index (κ2) is 8.61. The molecule has 0 aliphatic carbocycles. The quantitative estimate of drug-likeness (QED) is 0.321. The molecule has 2 aromatic carbocycles. The molecule has 0 aromatic heterocycles. The SMILES string of the molecule is COC(=O)c1cc(N)c(Oc2cccc(OC)c2)c(S(=O)(=O)N=CN(C)C)c1. The van der Waals surface area contributed by atoms with E-state index >= 15 is 0 Å². The van der Waals surface area contributed by atoms with Gasteiger partial charge in [0.1, 0.15) is 22.7 Å². The molecule has 150 valence electrons. The van der Waals surface area contributed by atoms with Gasteiger partial charge in [0, 0.05) is 20.2 Å². The third-order valence-electron chi connectivity index (χ3n) is 3.46. The predicted octanol–water partition coefficient (Wildman–Crippen LogP) is 2.13. The minimum Gasteiger partial charge on any atom is -0.497 e. The number of esters is 1. The van der Waals surface area contributed by atoms with Gasteiger partial charge in [0.15, 0.2) is 5.75 Å². The number of carbonyl (C=O) groups excluding carboxylic acids is 1. The van der Waals surface area contributed by atoms with E-state index in [0.717, 1.165) is 12.4 Å². The summed E-state index contributed by atoms with van der Waals surface area (Å²) < 4.78 is 44.6. The predicted molar refractivity (Wildman–Crippen MR) is 105 cm³/mol. The van der Waals surface area contributed by atoms with Crippen LogP contribution in [0.4, 0.5) is 5.69 Å². The molecule has 0 unspecified atom stereocenters. The molecule has 0 atom stereocenters. The van der Waals surface area contributed by atoms with Crippen molar-refractivity contribution in [2.75, 3.05) is 34.0 Å². The summed E-state index contributed by atoms with van der Waals surface area (Å²) >= 11 is 0. The van der Waals surface area contributed by atoms with Crippen molar-refractivity contribution in [2.45, 2.75) is 4.90 Å². The van der Waals surface area contributed by atoms with Gasteiger partial charge in [0.25, 0.3) is 10.0 Å². The smallest absolute Gasteiger partial charge is 0.337 e. The van der Waals surface area contributed by atoms with E-state index in [1.54, 1.807) is 38.4 Å². The second-order valence-electron chi connectivity index (χ2n) is 5.82. The standard InChI is InChI=1S/C18H21N3O6S/c1-21(2)11-20-28(23,24)16-9-12(18(22)26-4)8-15(19)17(16)27-14-7-5-6-13(10-14)25-3/h5-11H,19H2,1-4H3. The maximum atomic E-state index is 12.7. The first kappa shape index (κ1) is 21.0. The summed E-state index contributed by atoms with van der Waals surface area (Å²) in [4.78, 5) is 13.0. The van der Waals surface area contributed by atoms with Gasteiger partial charge in [-0.25, -0.2) is 4.79 Å². The van der Waals surface area contributed by atoms with Gasteiger partial charge in [-0.05, 0) is 24.3 Å². The fourth-order valence-corrected chi connectivity index (χ4v) is 3.25. The van der Waals surface area contributed by atoms with Gasteiger partial charge < -0.3 is 24.8 Å². The van der Waals surface area contributed by atoms with Crippen LogP contribution in [0.2, 0.25) is 0 Å². The Kier molecular flexibility index (Phi) is 6.47. The molecule has 28 heavy (non-hydrogen) atoms. The van der Waals surface area contributed by atoms with Crippen LogP contribution in [0.25, 0.3) is 0 Å². The summed E-state index contributed by atoms with van der Waals surface area (Å²) in [6.45, 7) is 0.